The normalized spacial score (nSPS) is 10.6. The van der Waals surface area contributed by atoms with Gasteiger partial charge >= 0.3 is 0 Å². The molecule has 3 rings (SSSR count). The van der Waals surface area contributed by atoms with Gasteiger partial charge in [-0.05, 0) is 30.3 Å². The molecule has 1 N–H and O–H groups in total. The summed E-state index contributed by atoms with van der Waals surface area (Å²) in [6.07, 6.45) is 1.69. The molecule has 0 radical (unpaired) electrons. The molecule has 1 heterocycles. The second-order valence-corrected chi connectivity index (χ2v) is 6.81. The van der Waals surface area contributed by atoms with Gasteiger partial charge in [-0.3, -0.25) is 9.36 Å². The largest absolute Gasteiger partial charge is 0.351 e. The van der Waals surface area contributed by atoms with E-state index in [0.717, 1.165) is 0 Å². The molecule has 0 spiro atoms. The van der Waals surface area contributed by atoms with E-state index >= 15 is 0 Å². The van der Waals surface area contributed by atoms with E-state index in [1.165, 1.54) is 30.0 Å². The van der Waals surface area contributed by atoms with Gasteiger partial charge in [0.25, 0.3) is 0 Å². The quantitative estimate of drug-likeness (QED) is 0.461. The van der Waals surface area contributed by atoms with Crippen molar-refractivity contribution in [3.8, 4) is 11.4 Å². The smallest absolute Gasteiger partial charge is 0.230 e. The molecule has 0 fully saturated rings. The van der Waals surface area contributed by atoms with E-state index in [4.69, 9.17) is 0 Å². The number of nitrogens with one attached hydrogen (secondary N) is 1. The predicted octanol–water partition coefficient (Wildman–Crippen LogP) is 3.82. The van der Waals surface area contributed by atoms with Crippen LogP contribution >= 0.6 is 11.8 Å². The first kappa shape index (κ1) is 19.8. The maximum atomic E-state index is 13.6. The lowest BCUT2D eigenvalue weighted by Crippen LogP contribution is -2.25. The summed E-state index contributed by atoms with van der Waals surface area (Å²) in [5.41, 5.74) is 1.14. The van der Waals surface area contributed by atoms with E-state index in [0.29, 0.717) is 28.7 Å². The molecule has 0 aliphatic rings. The average molecular weight is 400 g/mol. The number of allylic oxidation sites excluding steroid dienone is 1. The number of hydrogen-bond donors (Lipinski definition) is 1. The zero-order valence-corrected chi connectivity index (χ0v) is 15.8. The van der Waals surface area contributed by atoms with Crippen LogP contribution in [0.1, 0.15) is 5.56 Å². The highest BCUT2D eigenvalue weighted by atomic mass is 32.2. The Morgan fingerprint density at radius 2 is 1.89 bits per heavy atom. The highest BCUT2D eigenvalue weighted by Gasteiger charge is 2.15. The number of thioether (sulfide) groups is 1. The lowest BCUT2D eigenvalue weighted by atomic mass is 10.2. The number of halogens is 2. The summed E-state index contributed by atoms with van der Waals surface area (Å²) in [7, 11) is 0. The SMILES string of the molecule is C=CCn1c(SCC(=O)NCc2ccccc2F)nnc1-c1ccc(F)cc1. The van der Waals surface area contributed by atoms with Gasteiger partial charge < -0.3 is 5.32 Å². The van der Waals surface area contributed by atoms with Crippen LogP contribution in [0.2, 0.25) is 0 Å². The molecule has 0 saturated carbocycles. The van der Waals surface area contributed by atoms with Crippen molar-refractivity contribution >= 4 is 17.7 Å². The van der Waals surface area contributed by atoms with Crippen LogP contribution in [0.25, 0.3) is 11.4 Å². The van der Waals surface area contributed by atoms with Crippen molar-refractivity contribution in [3.05, 3.63) is 78.4 Å². The minimum absolute atomic E-state index is 0.104. The van der Waals surface area contributed by atoms with Crippen molar-refractivity contribution in [1.82, 2.24) is 20.1 Å². The molecule has 3 aromatic rings. The van der Waals surface area contributed by atoms with Crippen LogP contribution in [0.4, 0.5) is 8.78 Å². The van der Waals surface area contributed by atoms with Crippen molar-refractivity contribution in [2.75, 3.05) is 5.75 Å². The molecule has 144 valence electrons. The van der Waals surface area contributed by atoms with Crippen LogP contribution in [0, 0.1) is 11.6 Å². The fourth-order valence-electron chi connectivity index (χ4n) is 2.52. The van der Waals surface area contributed by atoms with E-state index in [9.17, 15) is 13.6 Å². The van der Waals surface area contributed by atoms with Crippen LogP contribution in [0.15, 0.2) is 66.3 Å². The Morgan fingerprint density at radius 1 is 1.14 bits per heavy atom. The van der Waals surface area contributed by atoms with E-state index in [2.05, 4.69) is 22.1 Å². The van der Waals surface area contributed by atoms with Gasteiger partial charge in [-0.1, -0.05) is 36.0 Å². The van der Waals surface area contributed by atoms with Crippen LogP contribution in [0.3, 0.4) is 0 Å². The first-order valence-electron chi connectivity index (χ1n) is 8.51. The lowest BCUT2D eigenvalue weighted by Gasteiger charge is -2.08. The van der Waals surface area contributed by atoms with Crippen molar-refractivity contribution in [3.63, 3.8) is 0 Å². The molecule has 2 aromatic carbocycles. The maximum Gasteiger partial charge on any atom is 0.230 e. The Bertz CT molecular complexity index is 973. The molecule has 0 atom stereocenters. The summed E-state index contributed by atoms with van der Waals surface area (Å²) in [6.45, 7) is 4.29. The molecule has 5 nitrogen and oxygen atoms in total. The van der Waals surface area contributed by atoms with Crippen molar-refractivity contribution < 1.29 is 13.6 Å². The first-order chi connectivity index (χ1) is 13.6. The van der Waals surface area contributed by atoms with Crippen molar-refractivity contribution in [2.24, 2.45) is 0 Å². The number of rotatable bonds is 8. The highest BCUT2D eigenvalue weighted by molar-refractivity contribution is 7.99. The van der Waals surface area contributed by atoms with E-state index in [-0.39, 0.29) is 29.8 Å². The van der Waals surface area contributed by atoms with E-state index in [1.807, 2.05) is 0 Å². The Hall–Kier alpha value is -3.00. The second kappa shape index (κ2) is 9.27. The van der Waals surface area contributed by atoms with E-state index in [1.54, 1.807) is 41.0 Å². The minimum Gasteiger partial charge on any atom is -0.351 e. The summed E-state index contributed by atoms with van der Waals surface area (Å²) in [5, 5.41) is 11.5. The average Bonchev–Trinajstić information content (AvgIpc) is 3.09. The molecule has 0 unspecified atom stereocenters. The Labute approximate surface area is 165 Å². The van der Waals surface area contributed by atoms with Gasteiger partial charge in [0, 0.05) is 24.2 Å². The van der Waals surface area contributed by atoms with Gasteiger partial charge in [-0.25, -0.2) is 8.78 Å². The number of aromatic nitrogens is 3. The van der Waals surface area contributed by atoms with Gasteiger partial charge in [-0.15, -0.1) is 16.8 Å². The molecular weight excluding hydrogens is 382 g/mol. The summed E-state index contributed by atoms with van der Waals surface area (Å²) in [6, 6.07) is 12.2. The van der Waals surface area contributed by atoms with Crippen LogP contribution in [0.5, 0.6) is 0 Å². The molecular formula is C20H18F2N4OS. The topological polar surface area (TPSA) is 59.8 Å². The molecule has 8 heteroatoms. The molecule has 0 bridgehead atoms. The van der Waals surface area contributed by atoms with Gasteiger partial charge in [0.15, 0.2) is 11.0 Å². The number of nitrogens with zero attached hydrogens (tertiary/aromatic N) is 3. The summed E-state index contributed by atoms with van der Waals surface area (Å²) in [5.74, 6) is -0.267. The van der Waals surface area contributed by atoms with Crippen LogP contribution in [-0.4, -0.2) is 26.4 Å². The molecule has 28 heavy (non-hydrogen) atoms. The molecule has 0 aliphatic heterocycles. The number of carbonyl (C=O) groups is 1. The van der Waals surface area contributed by atoms with E-state index < -0.39 is 0 Å². The summed E-state index contributed by atoms with van der Waals surface area (Å²) in [4.78, 5) is 12.1. The third-order valence-corrected chi connectivity index (χ3v) is 4.86. The van der Waals surface area contributed by atoms with Crippen molar-refractivity contribution in [1.29, 1.82) is 0 Å². The standard InChI is InChI=1S/C20H18F2N4OS/c1-2-11-26-19(14-7-9-16(21)10-8-14)24-25-20(26)28-13-18(27)23-12-15-5-3-4-6-17(15)22/h2-10H,1,11-13H2,(H,23,27). The molecule has 1 amide bonds. The molecule has 1 aromatic heterocycles. The molecule has 0 aliphatic carbocycles. The van der Waals surface area contributed by atoms with Gasteiger partial charge in [-0.2, -0.15) is 0 Å². The zero-order chi connectivity index (χ0) is 19.9. The fourth-order valence-corrected chi connectivity index (χ4v) is 3.30. The Kier molecular flexibility index (Phi) is 6.54. The fraction of sp³-hybridized carbons (Fsp3) is 0.150. The Balaban J connectivity index is 1.65. The summed E-state index contributed by atoms with van der Waals surface area (Å²) >= 11 is 1.21. The Morgan fingerprint density at radius 3 is 2.61 bits per heavy atom. The number of amides is 1. The number of hydrogen-bond acceptors (Lipinski definition) is 4. The number of carbonyl (C=O) groups excluding carboxylic acids is 1. The van der Waals surface area contributed by atoms with Crippen LogP contribution < -0.4 is 5.32 Å². The summed E-state index contributed by atoms with van der Waals surface area (Å²) < 4.78 is 28.6. The van der Waals surface area contributed by atoms with Crippen molar-refractivity contribution in [2.45, 2.75) is 18.2 Å². The third-order valence-electron chi connectivity index (χ3n) is 3.90. The second-order valence-electron chi connectivity index (χ2n) is 5.87. The lowest BCUT2D eigenvalue weighted by molar-refractivity contribution is -0.118. The predicted molar refractivity (Wildman–Crippen MR) is 105 cm³/mol. The zero-order valence-electron chi connectivity index (χ0n) is 14.9. The maximum absolute atomic E-state index is 13.6. The monoisotopic (exact) mass is 400 g/mol. The van der Waals surface area contributed by atoms with Crippen LogP contribution in [-0.2, 0) is 17.9 Å². The van der Waals surface area contributed by atoms with Gasteiger partial charge in [0.2, 0.25) is 5.91 Å². The minimum atomic E-state index is -0.356. The third kappa shape index (κ3) is 4.83. The molecule has 0 saturated heterocycles. The highest BCUT2D eigenvalue weighted by Crippen LogP contribution is 2.24. The van der Waals surface area contributed by atoms with Gasteiger partial charge in [0.05, 0.1) is 5.75 Å². The first-order valence-corrected chi connectivity index (χ1v) is 9.50. The number of benzene rings is 2. The van der Waals surface area contributed by atoms with Gasteiger partial charge in [0.1, 0.15) is 11.6 Å².